The fraction of sp³-hybridized carbons (Fsp3) is 0.440. The van der Waals surface area contributed by atoms with Crippen molar-refractivity contribution >= 4 is 35.0 Å². The zero-order chi connectivity index (χ0) is 24.2. The number of unbranched alkanes of at least 4 members (excludes halogenated alkanes) is 1. The molecule has 6 nitrogen and oxygen atoms in total. The minimum Gasteiger partial charge on any atom is -0.507 e. The van der Waals surface area contributed by atoms with Gasteiger partial charge in [-0.3, -0.25) is 4.79 Å². The van der Waals surface area contributed by atoms with Crippen LogP contribution in [0.2, 0.25) is 5.02 Å². The molecule has 0 fully saturated rings. The Hall–Kier alpha value is -2.38. The van der Waals surface area contributed by atoms with Crippen molar-refractivity contribution in [3.05, 3.63) is 52.0 Å². The van der Waals surface area contributed by atoms with Crippen LogP contribution in [0.4, 0.5) is 0 Å². The molecule has 8 heteroatoms. The number of aromatic hydroxyl groups is 1. The molecule has 0 atom stereocenters. The molecule has 3 N–H and O–H groups in total. The molecule has 0 unspecified atom stereocenters. The topological polar surface area (TPSA) is 99.4 Å². The molecule has 2 rings (SSSR count). The first-order valence-corrected chi connectivity index (χ1v) is 12.6. The first-order chi connectivity index (χ1) is 15.9. The third-order valence-electron chi connectivity index (χ3n) is 5.09. The maximum Gasteiger partial charge on any atom is 0.307 e. The Morgan fingerprint density at radius 2 is 1.94 bits per heavy atom. The predicted molar refractivity (Wildman–Crippen MR) is 134 cm³/mol. The second kappa shape index (κ2) is 14.0. The Kier molecular flexibility index (Phi) is 11.4. The van der Waals surface area contributed by atoms with Crippen LogP contribution in [0.1, 0.15) is 62.6 Å². The Bertz CT molecular complexity index is 964. The van der Waals surface area contributed by atoms with Gasteiger partial charge in [-0.1, -0.05) is 49.5 Å². The summed E-state index contributed by atoms with van der Waals surface area (Å²) in [6.45, 7) is 4.58. The van der Waals surface area contributed by atoms with Gasteiger partial charge in [0, 0.05) is 21.8 Å². The number of carboxylic acids is 1. The van der Waals surface area contributed by atoms with Crippen LogP contribution < -0.4 is 4.74 Å². The lowest BCUT2D eigenvalue weighted by molar-refractivity contribution is -0.136. The SMILES string of the molecule is CCCC/C(=N\O)c1ccc(OCCCSc2ccc(CC(=O)O)cc2Cl)c(CCC)c1O. The summed E-state index contributed by atoms with van der Waals surface area (Å²) in [5, 5.41) is 33.1. The smallest absolute Gasteiger partial charge is 0.307 e. The molecule has 0 aliphatic carbocycles. The molecule has 0 saturated heterocycles. The van der Waals surface area contributed by atoms with Crippen molar-refractivity contribution in [1.82, 2.24) is 0 Å². The summed E-state index contributed by atoms with van der Waals surface area (Å²) in [4.78, 5) is 11.7. The van der Waals surface area contributed by atoms with Crippen molar-refractivity contribution in [2.75, 3.05) is 12.4 Å². The molecule has 0 aliphatic heterocycles. The quantitative estimate of drug-likeness (QED) is 0.0906. The number of hydrogen-bond acceptors (Lipinski definition) is 6. The van der Waals surface area contributed by atoms with Crippen molar-refractivity contribution in [3.63, 3.8) is 0 Å². The minimum absolute atomic E-state index is 0.0471. The van der Waals surface area contributed by atoms with E-state index in [-0.39, 0.29) is 12.2 Å². The molecule has 2 aromatic carbocycles. The van der Waals surface area contributed by atoms with Crippen molar-refractivity contribution in [2.24, 2.45) is 5.16 Å². The molecule has 0 spiro atoms. The summed E-state index contributed by atoms with van der Waals surface area (Å²) in [6.07, 6.45) is 4.68. The van der Waals surface area contributed by atoms with E-state index in [0.29, 0.717) is 47.1 Å². The summed E-state index contributed by atoms with van der Waals surface area (Å²) >= 11 is 7.87. The maximum atomic E-state index is 10.8. The lowest BCUT2D eigenvalue weighted by atomic mass is 9.98. The van der Waals surface area contributed by atoms with Crippen molar-refractivity contribution in [1.29, 1.82) is 0 Å². The average Bonchev–Trinajstić information content (AvgIpc) is 2.78. The number of aliphatic carboxylic acids is 1. The van der Waals surface area contributed by atoms with Crippen LogP contribution in [0.25, 0.3) is 0 Å². The van der Waals surface area contributed by atoms with Gasteiger partial charge in [0.1, 0.15) is 11.5 Å². The Morgan fingerprint density at radius 3 is 2.58 bits per heavy atom. The van der Waals surface area contributed by atoms with Gasteiger partial charge in [0.25, 0.3) is 0 Å². The second-order valence-electron chi connectivity index (χ2n) is 7.72. The van der Waals surface area contributed by atoms with E-state index >= 15 is 0 Å². The number of thioether (sulfide) groups is 1. The average molecular weight is 494 g/mol. The van der Waals surface area contributed by atoms with Gasteiger partial charge in [0.2, 0.25) is 0 Å². The number of carbonyl (C=O) groups is 1. The second-order valence-corrected chi connectivity index (χ2v) is 9.27. The third kappa shape index (κ3) is 8.16. The monoisotopic (exact) mass is 493 g/mol. The van der Waals surface area contributed by atoms with Crippen LogP contribution in [-0.4, -0.2) is 39.5 Å². The maximum absolute atomic E-state index is 10.8. The first kappa shape index (κ1) is 26.9. The highest BCUT2D eigenvalue weighted by atomic mass is 35.5. The Balaban J connectivity index is 1.96. The molecule has 0 bridgehead atoms. The van der Waals surface area contributed by atoms with E-state index in [1.54, 1.807) is 30.0 Å². The third-order valence-corrected chi connectivity index (χ3v) is 6.68. The molecular weight excluding hydrogens is 462 g/mol. The highest BCUT2D eigenvalue weighted by Gasteiger charge is 2.17. The van der Waals surface area contributed by atoms with E-state index in [9.17, 15) is 15.1 Å². The predicted octanol–water partition coefficient (Wildman–Crippen LogP) is 6.55. The van der Waals surface area contributed by atoms with Gasteiger partial charge in [0.15, 0.2) is 0 Å². The molecule has 0 heterocycles. The zero-order valence-electron chi connectivity index (χ0n) is 19.1. The number of ether oxygens (including phenoxy) is 1. The first-order valence-electron chi connectivity index (χ1n) is 11.2. The van der Waals surface area contributed by atoms with Gasteiger partial charge in [-0.15, -0.1) is 11.8 Å². The van der Waals surface area contributed by atoms with Gasteiger partial charge >= 0.3 is 5.97 Å². The van der Waals surface area contributed by atoms with Crippen LogP contribution in [0.15, 0.2) is 40.4 Å². The van der Waals surface area contributed by atoms with Gasteiger partial charge < -0.3 is 20.2 Å². The van der Waals surface area contributed by atoms with Crippen molar-refractivity contribution in [2.45, 2.75) is 63.7 Å². The largest absolute Gasteiger partial charge is 0.507 e. The summed E-state index contributed by atoms with van der Waals surface area (Å²) in [5.74, 6) is 0.669. The Labute approximate surface area is 204 Å². The molecule has 0 aromatic heterocycles. The normalized spacial score (nSPS) is 11.5. The number of carboxylic acid groups (broad SMARTS) is 1. The Morgan fingerprint density at radius 1 is 1.15 bits per heavy atom. The van der Waals surface area contributed by atoms with Crippen LogP contribution in [-0.2, 0) is 17.6 Å². The van der Waals surface area contributed by atoms with Gasteiger partial charge in [0.05, 0.1) is 23.8 Å². The fourth-order valence-corrected chi connectivity index (χ4v) is 4.64. The molecule has 2 aromatic rings. The van der Waals surface area contributed by atoms with Gasteiger partial charge in [-0.25, -0.2) is 0 Å². The molecule has 0 aliphatic rings. The van der Waals surface area contributed by atoms with E-state index in [1.807, 2.05) is 19.1 Å². The van der Waals surface area contributed by atoms with E-state index in [1.165, 1.54) is 0 Å². The highest BCUT2D eigenvalue weighted by molar-refractivity contribution is 7.99. The van der Waals surface area contributed by atoms with Crippen LogP contribution in [0.3, 0.4) is 0 Å². The lowest BCUT2D eigenvalue weighted by Gasteiger charge is -2.16. The lowest BCUT2D eigenvalue weighted by Crippen LogP contribution is -2.06. The van der Waals surface area contributed by atoms with Crippen molar-refractivity contribution < 1.29 is 25.0 Å². The van der Waals surface area contributed by atoms with Crippen LogP contribution in [0.5, 0.6) is 11.5 Å². The number of rotatable bonds is 14. The van der Waals surface area contributed by atoms with Crippen molar-refractivity contribution in [3.8, 4) is 11.5 Å². The number of oxime groups is 1. The highest BCUT2D eigenvalue weighted by Crippen LogP contribution is 2.34. The molecule has 180 valence electrons. The number of nitrogens with zero attached hydrogens (tertiary/aromatic N) is 1. The number of phenolic OH excluding ortho intramolecular Hbond substituents is 1. The fourth-order valence-electron chi connectivity index (χ4n) is 3.43. The van der Waals surface area contributed by atoms with Crippen LogP contribution in [0, 0.1) is 0 Å². The molecule has 33 heavy (non-hydrogen) atoms. The van der Waals surface area contributed by atoms with E-state index < -0.39 is 5.97 Å². The number of hydrogen-bond donors (Lipinski definition) is 3. The molecular formula is C25H32ClNO5S. The van der Waals surface area contributed by atoms with Gasteiger partial charge in [-0.2, -0.15) is 0 Å². The van der Waals surface area contributed by atoms with Crippen LogP contribution >= 0.6 is 23.4 Å². The molecule has 0 amide bonds. The zero-order valence-corrected chi connectivity index (χ0v) is 20.7. The van der Waals surface area contributed by atoms with E-state index in [2.05, 4.69) is 12.1 Å². The summed E-state index contributed by atoms with van der Waals surface area (Å²) in [5.41, 5.74) is 2.45. The number of phenols is 1. The summed E-state index contributed by atoms with van der Waals surface area (Å²) in [6, 6.07) is 8.91. The standard InChI is InChI=1S/C25H32ClNO5S/c1-3-5-8-21(27-31)18-10-11-22(19(7-4-2)25(18)30)32-13-6-14-33-23-12-9-17(15-20(23)26)16-24(28)29/h9-12,15,30-31H,3-8,13-14,16H2,1-2H3,(H,28,29)/b27-21+. The summed E-state index contributed by atoms with van der Waals surface area (Å²) < 4.78 is 5.98. The molecule has 0 radical (unpaired) electrons. The number of halogens is 1. The van der Waals surface area contributed by atoms with E-state index in [0.717, 1.165) is 41.9 Å². The summed E-state index contributed by atoms with van der Waals surface area (Å²) in [7, 11) is 0. The molecule has 0 saturated carbocycles. The van der Waals surface area contributed by atoms with Gasteiger partial charge in [-0.05, 0) is 55.5 Å². The minimum atomic E-state index is -0.883. The van der Waals surface area contributed by atoms with E-state index in [4.69, 9.17) is 21.4 Å². The number of benzene rings is 2.